The average molecular weight is 287 g/mol. The maximum atomic E-state index is 11.8. The topological polar surface area (TPSA) is 55.4 Å². The molecule has 21 heavy (non-hydrogen) atoms. The minimum Gasteiger partial charge on any atom is -0.455 e. The van der Waals surface area contributed by atoms with E-state index in [2.05, 4.69) is 11.4 Å². The Morgan fingerprint density at radius 2 is 2.05 bits per heavy atom. The third-order valence-electron chi connectivity index (χ3n) is 3.62. The molecule has 2 rings (SSSR count). The first kappa shape index (κ1) is 15.3. The smallest absolute Gasteiger partial charge is 0.309 e. The van der Waals surface area contributed by atoms with Gasteiger partial charge in [0, 0.05) is 0 Å². The molecule has 0 saturated heterocycles. The molecule has 0 fully saturated rings. The van der Waals surface area contributed by atoms with Crippen LogP contribution in [-0.2, 0) is 14.3 Å². The SMILES string of the molecule is C[C@H](NC(=O)COC(=O)[C@H]1CC=CCC1)c1ccccc1. The number of carbonyl (C=O) groups excluding carboxylic acids is 2. The van der Waals surface area contributed by atoms with Crippen LogP contribution < -0.4 is 5.32 Å². The highest BCUT2D eigenvalue weighted by molar-refractivity contribution is 5.81. The molecule has 1 aliphatic rings. The second-order valence-electron chi connectivity index (χ2n) is 5.29. The fourth-order valence-corrected chi connectivity index (χ4v) is 2.37. The first-order chi connectivity index (χ1) is 10.2. The van der Waals surface area contributed by atoms with E-state index >= 15 is 0 Å². The molecule has 1 aromatic carbocycles. The van der Waals surface area contributed by atoms with Gasteiger partial charge < -0.3 is 10.1 Å². The maximum absolute atomic E-state index is 11.8. The summed E-state index contributed by atoms with van der Waals surface area (Å²) in [6.07, 6.45) is 6.47. The normalized spacial score (nSPS) is 18.8. The van der Waals surface area contributed by atoms with E-state index < -0.39 is 0 Å². The molecule has 1 amide bonds. The lowest BCUT2D eigenvalue weighted by Crippen LogP contribution is -2.32. The Morgan fingerprint density at radius 1 is 1.29 bits per heavy atom. The molecule has 0 aromatic heterocycles. The summed E-state index contributed by atoms with van der Waals surface area (Å²) in [5, 5.41) is 2.82. The summed E-state index contributed by atoms with van der Waals surface area (Å²) in [6.45, 7) is 1.69. The van der Waals surface area contributed by atoms with Crippen LogP contribution in [-0.4, -0.2) is 18.5 Å². The van der Waals surface area contributed by atoms with Crippen molar-refractivity contribution in [2.24, 2.45) is 5.92 Å². The van der Waals surface area contributed by atoms with Crippen molar-refractivity contribution in [2.75, 3.05) is 6.61 Å². The van der Waals surface area contributed by atoms with Gasteiger partial charge in [-0.3, -0.25) is 9.59 Å². The van der Waals surface area contributed by atoms with Gasteiger partial charge in [0.25, 0.3) is 5.91 Å². The van der Waals surface area contributed by atoms with E-state index in [9.17, 15) is 9.59 Å². The van der Waals surface area contributed by atoms with Crippen LogP contribution in [0.25, 0.3) is 0 Å². The van der Waals surface area contributed by atoms with Gasteiger partial charge in [0.15, 0.2) is 6.61 Å². The first-order valence-corrected chi connectivity index (χ1v) is 7.32. The summed E-state index contributed by atoms with van der Waals surface area (Å²) in [5.74, 6) is -0.651. The molecule has 0 saturated carbocycles. The van der Waals surface area contributed by atoms with Gasteiger partial charge in [-0.25, -0.2) is 0 Å². The van der Waals surface area contributed by atoms with E-state index in [1.807, 2.05) is 43.3 Å². The molecule has 1 aromatic rings. The molecular formula is C17H21NO3. The quantitative estimate of drug-likeness (QED) is 0.669. The van der Waals surface area contributed by atoms with E-state index in [1.165, 1.54) is 0 Å². The highest BCUT2D eigenvalue weighted by Gasteiger charge is 2.21. The number of hydrogen-bond acceptors (Lipinski definition) is 3. The third-order valence-corrected chi connectivity index (χ3v) is 3.62. The predicted octanol–water partition coefficient (Wildman–Crippen LogP) is 2.76. The molecule has 4 heteroatoms. The standard InChI is InChI=1S/C17H21NO3/c1-13(14-8-4-2-5-9-14)18-16(19)12-21-17(20)15-10-6-3-7-11-15/h2-6,8-9,13,15H,7,10-12H2,1H3,(H,18,19)/t13-,15-/m0/s1. The van der Waals surface area contributed by atoms with Gasteiger partial charge in [0.1, 0.15) is 0 Å². The van der Waals surface area contributed by atoms with Crippen LogP contribution in [0.2, 0.25) is 0 Å². The van der Waals surface area contributed by atoms with Crippen molar-refractivity contribution in [2.45, 2.75) is 32.2 Å². The van der Waals surface area contributed by atoms with E-state index in [0.29, 0.717) is 6.42 Å². The molecular weight excluding hydrogens is 266 g/mol. The molecule has 2 atom stereocenters. The highest BCUT2D eigenvalue weighted by Crippen LogP contribution is 2.19. The molecule has 0 aliphatic heterocycles. The van der Waals surface area contributed by atoms with Gasteiger partial charge in [0.2, 0.25) is 0 Å². The lowest BCUT2D eigenvalue weighted by atomic mass is 9.95. The summed E-state index contributed by atoms with van der Waals surface area (Å²) in [6, 6.07) is 9.58. The molecule has 1 N–H and O–H groups in total. The predicted molar refractivity (Wildman–Crippen MR) is 80.4 cm³/mol. The van der Waals surface area contributed by atoms with Crippen LogP contribution >= 0.6 is 0 Å². The maximum Gasteiger partial charge on any atom is 0.309 e. The number of rotatable bonds is 5. The van der Waals surface area contributed by atoms with Crippen LogP contribution in [0.5, 0.6) is 0 Å². The van der Waals surface area contributed by atoms with E-state index in [4.69, 9.17) is 4.74 Å². The fraction of sp³-hybridized carbons (Fsp3) is 0.412. The highest BCUT2D eigenvalue weighted by atomic mass is 16.5. The summed E-state index contributed by atoms with van der Waals surface area (Å²) < 4.78 is 5.10. The van der Waals surface area contributed by atoms with Crippen molar-refractivity contribution < 1.29 is 14.3 Å². The number of benzene rings is 1. The zero-order valence-corrected chi connectivity index (χ0v) is 12.2. The largest absolute Gasteiger partial charge is 0.455 e. The van der Waals surface area contributed by atoms with Crippen molar-refractivity contribution >= 4 is 11.9 Å². The Hall–Kier alpha value is -2.10. The zero-order chi connectivity index (χ0) is 15.1. The number of nitrogens with one attached hydrogen (secondary N) is 1. The number of ether oxygens (including phenoxy) is 1. The van der Waals surface area contributed by atoms with Crippen molar-refractivity contribution in [1.82, 2.24) is 5.32 Å². The summed E-state index contributed by atoms with van der Waals surface area (Å²) in [4.78, 5) is 23.6. The number of amides is 1. The van der Waals surface area contributed by atoms with Gasteiger partial charge >= 0.3 is 5.97 Å². The summed E-state index contributed by atoms with van der Waals surface area (Å²) in [7, 11) is 0. The average Bonchev–Trinajstić information content (AvgIpc) is 2.54. The van der Waals surface area contributed by atoms with E-state index in [1.54, 1.807) is 0 Å². The van der Waals surface area contributed by atoms with Crippen LogP contribution in [0.3, 0.4) is 0 Å². The lowest BCUT2D eigenvalue weighted by molar-refractivity contribution is -0.153. The molecule has 0 spiro atoms. The van der Waals surface area contributed by atoms with Crippen LogP contribution in [0, 0.1) is 5.92 Å². The van der Waals surface area contributed by atoms with Crippen LogP contribution in [0.1, 0.15) is 37.8 Å². The number of allylic oxidation sites excluding steroid dienone is 2. The number of carbonyl (C=O) groups is 2. The van der Waals surface area contributed by atoms with Crippen LogP contribution in [0.4, 0.5) is 0 Å². The minimum atomic E-state index is -0.276. The Kier molecular flexibility index (Phi) is 5.55. The fourth-order valence-electron chi connectivity index (χ4n) is 2.37. The molecule has 0 heterocycles. The lowest BCUT2D eigenvalue weighted by Gasteiger charge is -2.17. The Bertz CT molecular complexity index is 510. The van der Waals surface area contributed by atoms with Gasteiger partial charge in [0.05, 0.1) is 12.0 Å². The number of hydrogen-bond donors (Lipinski definition) is 1. The third kappa shape index (κ3) is 4.74. The Labute approximate surface area is 125 Å². The van der Waals surface area contributed by atoms with E-state index in [0.717, 1.165) is 18.4 Å². The Morgan fingerprint density at radius 3 is 2.71 bits per heavy atom. The second-order valence-corrected chi connectivity index (χ2v) is 5.29. The molecule has 0 unspecified atom stereocenters. The first-order valence-electron chi connectivity index (χ1n) is 7.32. The minimum absolute atomic E-state index is 0.102. The molecule has 1 aliphatic carbocycles. The summed E-state index contributed by atoms with van der Waals surface area (Å²) in [5.41, 5.74) is 1.02. The zero-order valence-electron chi connectivity index (χ0n) is 12.2. The van der Waals surface area contributed by atoms with Gasteiger partial charge in [-0.2, -0.15) is 0 Å². The summed E-state index contributed by atoms with van der Waals surface area (Å²) >= 11 is 0. The monoisotopic (exact) mass is 287 g/mol. The van der Waals surface area contributed by atoms with E-state index in [-0.39, 0.29) is 30.4 Å². The van der Waals surface area contributed by atoms with Gasteiger partial charge in [-0.05, 0) is 31.7 Å². The van der Waals surface area contributed by atoms with Crippen LogP contribution in [0.15, 0.2) is 42.5 Å². The molecule has 0 bridgehead atoms. The van der Waals surface area contributed by atoms with Gasteiger partial charge in [-0.15, -0.1) is 0 Å². The van der Waals surface area contributed by atoms with Crippen molar-refractivity contribution in [1.29, 1.82) is 0 Å². The Balaban J connectivity index is 1.74. The van der Waals surface area contributed by atoms with Crippen molar-refractivity contribution in [3.63, 3.8) is 0 Å². The van der Waals surface area contributed by atoms with Gasteiger partial charge in [-0.1, -0.05) is 42.5 Å². The number of esters is 1. The molecule has 0 radical (unpaired) electrons. The van der Waals surface area contributed by atoms with Crippen molar-refractivity contribution in [3.8, 4) is 0 Å². The second kappa shape index (κ2) is 7.62. The molecule has 112 valence electrons. The van der Waals surface area contributed by atoms with Crippen molar-refractivity contribution in [3.05, 3.63) is 48.0 Å². The molecule has 4 nitrogen and oxygen atoms in total.